The largest absolute Gasteiger partial charge is 0.493 e. The molecule has 0 N–H and O–H groups in total. The van der Waals surface area contributed by atoms with Crippen molar-refractivity contribution in [3.05, 3.63) is 60.2 Å². The predicted molar refractivity (Wildman–Crippen MR) is 184 cm³/mol. The van der Waals surface area contributed by atoms with Gasteiger partial charge in [-0.05, 0) is 62.1 Å². The molecule has 1 atom stereocenters. The summed E-state index contributed by atoms with van der Waals surface area (Å²) in [5.74, 6) is 3.16. The zero-order chi connectivity index (χ0) is 32.9. The molecule has 11 heteroatoms. The Kier molecular flexibility index (Phi) is 9.76. The van der Waals surface area contributed by atoms with E-state index in [2.05, 4.69) is 19.8 Å². The molecule has 0 bridgehead atoms. The molecule has 11 nitrogen and oxygen atoms in total. The molecule has 3 aliphatic rings. The molecule has 2 fully saturated rings. The number of para-hydroxylation sites is 2. The standard InChI is InChI=1S/C37H43N5O6/c1-44-33-22-26(36-39-29-9-3-4-10-31(29)48-36)11-12-32(33)46-20-6-13-40-16-18-41(19-17-40)14-7-21-47-35-24-30-28(23-34(35)45-2)37(43)42-15-5-8-27(42)25-38-30/h3-4,9-12,22-25,27H,5-8,13-21H2,1-2H3. The lowest BCUT2D eigenvalue weighted by Crippen LogP contribution is -2.47. The number of nitrogens with zero attached hydrogens (tertiary/aromatic N) is 5. The lowest BCUT2D eigenvalue weighted by molar-refractivity contribution is 0.0774. The Morgan fingerprint density at radius 3 is 2.25 bits per heavy atom. The molecule has 0 saturated carbocycles. The fourth-order valence-corrected chi connectivity index (χ4v) is 6.71. The lowest BCUT2D eigenvalue weighted by atomic mass is 10.1. The van der Waals surface area contributed by atoms with Gasteiger partial charge in [0, 0.05) is 63.7 Å². The number of carbonyl (C=O) groups is 1. The molecule has 1 unspecified atom stereocenters. The van der Waals surface area contributed by atoms with Gasteiger partial charge in [0.25, 0.3) is 5.91 Å². The van der Waals surface area contributed by atoms with E-state index in [1.807, 2.05) is 59.6 Å². The van der Waals surface area contributed by atoms with Gasteiger partial charge in [-0.3, -0.25) is 9.79 Å². The van der Waals surface area contributed by atoms with Gasteiger partial charge in [-0.1, -0.05) is 12.1 Å². The number of carbonyl (C=O) groups excluding carboxylic acids is 1. The smallest absolute Gasteiger partial charge is 0.256 e. The molecule has 252 valence electrons. The molecule has 48 heavy (non-hydrogen) atoms. The molecule has 2 saturated heterocycles. The van der Waals surface area contributed by atoms with Crippen molar-refractivity contribution in [3.63, 3.8) is 0 Å². The Balaban J connectivity index is 0.820. The quantitative estimate of drug-likeness (QED) is 0.169. The highest BCUT2D eigenvalue weighted by Gasteiger charge is 2.32. The highest BCUT2D eigenvalue weighted by Crippen LogP contribution is 2.38. The van der Waals surface area contributed by atoms with Crippen LogP contribution < -0.4 is 18.9 Å². The highest BCUT2D eigenvalue weighted by molar-refractivity contribution is 6.03. The molecule has 0 radical (unpaired) electrons. The average Bonchev–Trinajstić information content (AvgIpc) is 3.76. The third-order valence-electron chi connectivity index (χ3n) is 9.38. The molecule has 0 aliphatic carbocycles. The zero-order valence-electron chi connectivity index (χ0n) is 27.7. The molecule has 3 aromatic carbocycles. The van der Waals surface area contributed by atoms with E-state index in [1.165, 1.54) is 0 Å². The summed E-state index contributed by atoms with van der Waals surface area (Å²) < 4.78 is 29.4. The molecule has 7 rings (SSSR count). The number of hydrogen-bond acceptors (Lipinski definition) is 10. The van der Waals surface area contributed by atoms with E-state index < -0.39 is 0 Å². The van der Waals surface area contributed by atoms with Crippen molar-refractivity contribution < 1.29 is 28.2 Å². The topological polar surface area (TPSA) is 102 Å². The molecule has 4 heterocycles. The molecule has 1 aromatic heterocycles. The lowest BCUT2D eigenvalue weighted by Gasteiger charge is -2.34. The first-order chi connectivity index (χ1) is 23.6. The van der Waals surface area contributed by atoms with Crippen LogP contribution >= 0.6 is 0 Å². The Labute approximate surface area is 281 Å². The number of fused-ring (bicyclic) bond motifs is 3. The number of ether oxygens (including phenoxy) is 4. The van der Waals surface area contributed by atoms with Crippen LogP contribution in [0.4, 0.5) is 5.69 Å². The predicted octanol–water partition coefficient (Wildman–Crippen LogP) is 5.69. The van der Waals surface area contributed by atoms with Crippen LogP contribution in [0.25, 0.3) is 22.6 Å². The number of methoxy groups -OCH3 is 2. The first-order valence-corrected chi connectivity index (χ1v) is 16.9. The molecular weight excluding hydrogens is 610 g/mol. The molecule has 1 amide bonds. The van der Waals surface area contributed by atoms with Crippen molar-refractivity contribution in [2.45, 2.75) is 31.7 Å². The maximum atomic E-state index is 13.1. The summed E-state index contributed by atoms with van der Waals surface area (Å²) >= 11 is 0. The minimum absolute atomic E-state index is 0.0186. The number of oxazole rings is 1. The second-order valence-corrected chi connectivity index (χ2v) is 12.4. The monoisotopic (exact) mass is 653 g/mol. The number of aromatic nitrogens is 1. The normalized spacial score (nSPS) is 18.1. The van der Waals surface area contributed by atoms with Crippen LogP contribution in [-0.2, 0) is 0 Å². The first-order valence-electron chi connectivity index (χ1n) is 16.9. The van der Waals surface area contributed by atoms with Gasteiger partial charge in [0.15, 0.2) is 28.6 Å². The number of benzene rings is 3. The van der Waals surface area contributed by atoms with Crippen molar-refractivity contribution in [1.29, 1.82) is 0 Å². The fraction of sp³-hybridized carbons (Fsp3) is 0.432. The Bertz CT molecular complexity index is 1730. The van der Waals surface area contributed by atoms with Gasteiger partial charge < -0.3 is 38.1 Å². The van der Waals surface area contributed by atoms with Crippen molar-refractivity contribution >= 4 is 28.9 Å². The second kappa shape index (κ2) is 14.7. The van der Waals surface area contributed by atoms with Gasteiger partial charge in [0.1, 0.15) is 5.52 Å². The van der Waals surface area contributed by atoms with E-state index in [0.29, 0.717) is 47.6 Å². The summed E-state index contributed by atoms with van der Waals surface area (Å²) in [4.78, 5) is 29.2. The number of aliphatic imine (C=N–C) groups is 1. The van der Waals surface area contributed by atoms with E-state index >= 15 is 0 Å². The van der Waals surface area contributed by atoms with Gasteiger partial charge in [-0.25, -0.2) is 4.98 Å². The van der Waals surface area contributed by atoms with Crippen LogP contribution in [0.2, 0.25) is 0 Å². The Morgan fingerprint density at radius 1 is 0.812 bits per heavy atom. The highest BCUT2D eigenvalue weighted by atomic mass is 16.5. The Hall–Kier alpha value is -4.61. The average molecular weight is 654 g/mol. The zero-order valence-corrected chi connectivity index (χ0v) is 27.7. The number of rotatable bonds is 13. The van der Waals surface area contributed by atoms with Gasteiger partial charge in [0.2, 0.25) is 5.89 Å². The minimum atomic E-state index is 0.0186. The minimum Gasteiger partial charge on any atom is -0.493 e. The van der Waals surface area contributed by atoms with Crippen molar-refractivity contribution in [2.24, 2.45) is 4.99 Å². The van der Waals surface area contributed by atoms with Crippen LogP contribution in [0.5, 0.6) is 23.0 Å². The maximum Gasteiger partial charge on any atom is 0.256 e. The van der Waals surface area contributed by atoms with Crippen molar-refractivity contribution in [3.8, 4) is 34.5 Å². The number of piperazine rings is 1. The molecule has 4 aromatic rings. The molecule has 3 aliphatic heterocycles. The van der Waals surface area contributed by atoms with E-state index in [-0.39, 0.29) is 11.9 Å². The van der Waals surface area contributed by atoms with Crippen LogP contribution in [0, 0.1) is 0 Å². The van der Waals surface area contributed by atoms with Crippen LogP contribution in [-0.4, -0.2) is 111 Å². The van der Waals surface area contributed by atoms with Gasteiger partial charge in [-0.15, -0.1) is 0 Å². The van der Waals surface area contributed by atoms with Crippen molar-refractivity contribution in [1.82, 2.24) is 19.7 Å². The summed E-state index contributed by atoms with van der Waals surface area (Å²) in [7, 11) is 3.26. The third-order valence-corrected chi connectivity index (χ3v) is 9.38. The van der Waals surface area contributed by atoms with Gasteiger partial charge in [0.05, 0.1) is 44.7 Å². The summed E-state index contributed by atoms with van der Waals surface area (Å²) in [6, 6.07) is 17.2. The van der Waals surface area contributed by atoms with Crippen LogP contribution in [0.3, 0.4) is 0 Å². The van der Waals surface area contributed by atoms with Gasteiger partial charge >= 0.3 is 0 Å². The van der Waals surface area contributed by atoms with Gasteiger partial charge in [-0.2, -0.15) is 0 Å². The number of amides is 1. The summed E-state index contributed by atoms with van der Waals surface area (Å²) in [5, 5.41) is 0. The SMILES string of the molecule is COc1cc(-c2nc3ccccc3o2)ccc1OCCCN1CCN(CCCOc2cc3c(cc2OC)C(=O)N2CCCC2C=N3)CC1. The molecule has 0 spiro atoms. The summed E-state index contributed by atoms with van der Waals surface area (Å²) in [6.07, 6.45) is 5.71. The van der Waals surface area contributed by atoms with Crippen LogP contribution in [0.1, 0.15) is 36.0 Å². The third kappa shape index (κ3) is 6.97. The van der Waals surface area contributed by atoms with E-state index in [1.54, 1.807) is 20.3 Å². The summed E-state index contributed by atoms with van der Waals surface area (Å²) in [5.41, 5.74) is 3.67. The maximum absolute atomic E-state index is 13.1. The summed E-state index contributed by atoms with van der Waals surface area (Å²) in [6.45, 7) is 8.04. The first kappa shape index (κ1) is 32.0. The van der Waals surface area contributed by atoms with E-state index in [0.717, 1.165) is 93.9 Å². The van der Waals surface area contributed by atoms with E-state index in [4.69, 9.17) is 23.4 Å². The number of hydrogen-bond donors (Lipinski definition) is 0. The Morgan fingerprint density at radius 2 is 1.52 bits per heavy atom. The van der Waals surface area contributed by atoms with Crippen molar-refractivity contribution in [2.75, 3.05) is 73.2 Å². The van der Waals surface area contributed by atoms with E-state index in [9.17, 15) is 4.79 Å². The van der Waals surface area contributed by atoms with Crippen LogP contribution in [0.15, 0.2) is 64.0 Å². The fourth-order valence-electron chi connectivity index (χ4n) is 6.71. The second-order valence-electron chi connectivity index (χ2n) is 12.4. The molecular formula is C37H43N5O6.